The zero-order chi connectivity index (χ0) is 10.3. The van der Waals surface area contributed by atoms with Gasteiger partial charge < -0.3 is 0 Å². The molecule has 76 valence electrons. The van der Waals surface area contributed by atoms with Crippen LogP contribution in [0.4, 0.5) is 0 Å². The summed E-state index contributed by atoms with van der Waals surface area (Å²) in [4.78, 5) is 1.58. The zero-order valence-corrected chi connectivity index (χ0v) is 9.71. The SMILES string of the molecule is C[S+]1c2ccccc2CC2C=CC=CC21. The van der Waals surface area contributed by atoms with Crippen LogP contribution in [0.5, 0.6) is 0 Å². The molecule has 15 heavy (non-hydrogen) atoms. The average Bonchev–Trinajstić information content (AvgIpc) is 2.30. The molecule has 1 heterocycles. The van der Waals surface area contributed by atoms with E-state index in [2.05, 4.69) is 54.8 Å². The molecule has 1 heteroatoms. The Labute approximate surface area is 94.1 Å². The summed E-state index contributed by atoms with van der Waals surface area (Å²) in [5.74, 6) is 0.734. The molecule has 1 aromatic carbocycles. The molecule has 3 rings (SSSR count). The van der Waals surface area contributed by atoms with Gasteiger partial charge in [-0.1, -0.05) is 36.4 Å². The lowest BCUT2D eigenvalue weighted by molar-refractivity contribution is 0.640. The quantitative estimate of drug-likeness (QED) is 0.584. The summed E-state index contributed by atoms with van der Waals surface area (Å²) in [6, 6.07) is 8.94. The Bertz CT molecular complexity index is 431. The summed E-state index contributed by atoms with van der Waals surface area (Å²) in [5.41, 5.74) is 1.56. The molecule has 0 radical (unpaired) electrons. The second kappa shape index (κ2) is 3.57. The van der Waals surface area contributed by atoms with E-state index in [1.807, 2.05) is 0 Å². The van der Waals surface area contributed by atoms with E-state index in [0.29, 0.717) is 10.9 Å². The Morgan fingerprint density at radius 3 is 2.87 bits per heavy atom. The molecular weight excluding hydrogens is 200 g/mol. The largest absolute Gasteiger partial charge is 0.158 e. The molecule has 0 fully saturated rings. The van der Waals surface area contributed by atoms with Gasteiger partial charge in [0.15, 0.2) is 4.90 Å². The second-order valence-corrected chi connectivity index (χ2v) is 6.37. The van der Waals surface area contributed by atoms with Gasteiger partial charge in [0.1, 0.15) is 11.5 Å². The predicted octanol–water partition coefficient (Wildman–Crippen LogP) is 2.96. The molecule has 0 spiro atoms. The summed E-state index contributed by atoms with van der Waals surface area (Å²) in [6.45, 7) is 0. The van der Waals surface area contributed by atoms with Crippen molar-refractivity contribution in [1.29, 1.82) is 0 Å². The van der Waals surface area contributed by atoms with Crippen LogP contribution in [0.1, 0.15) is 5.56 Å². The first-order valence-corrected chi connectivity index (χ1v) is 7.13. The maximum atomic E-state index is 2.39. The molecule has 0 aromatic heterocycles. The first kappa shape index (κ1) is 9.29. The molecule has 0 amide bonds. The van der Waals surface area contributed by atoms with Gasteiger partial charge in [-0.25, -0.2) is 0 Å². The molecule has 2 aliphatic rings. The van der Waals surface area contributed by atoms with Gasteiger partial charge in [-0.05, 0) is 18.6 Å². The van der Waals surface area contributed by atoms with E-state index in [9.17, 15) is 0 Å². The summed E-state index contributed by atoms with van der Waals surface area (Å²) in [5, 5.41) is 0.741. The third-order valence-corrected chi connectivity index (χ3v) is 5.79. The van der Waals surface area contributed by atoms with E-state index >= 15 is 0 Å². The summed E-state index contributed by atoms with van der Waals surface area (Å²) in [6.07, 6.45) is 12.8. The maximum absolute atomic E-state index is 2.39. The lowest BCUT2D eigenvalue weighted by atomic mass is 9.92. The number of allylic oxidation sites excluding steroid dienone is 3. The van der Waals surface area contributed by atoms with E-state index in [0.717, 1.165) is 11.2 Å². The van der Waals surface area contributed by atoms with E-state index in [1.165, 1.54) is 6.42 Å². The van der Waals surface area contributed by atoms with Crippen molar-refractivity contribution in [2.24, 2.45) is 5.92 Å². The molecule has 0 bridgehead atoms. The van der Waals surface area contributed by atoms with Gasteiger partial charge in [0, 0.05) is 22.4 Å². The maximum Gasteiger partial charge on any atom is 0.158 e. The van der Waals surface area contributed by atoms with E-state index < -0.39 is 0 Å². The first-order valence-electron chi connectivity index (χ1n) is 5.44. The smallest absolute Gasteiger partial charge is 0.0758 e. The Morgan fingerprint density at radius 2 is 1.93 bits per heavy atom. The van der Waals surface area contributed by atoms with Crippen molar-refractivity contribution in [3.63, 3.8) is 0 Å². The predicted molar refractivity (Wildman–Crippen MR) is 67.3 cm³/mol. The second-order valence-electron chi connectivity index (χ2n) is 4.27. The number of benzene rings is 1. The van der Waals surface area contributed by atoms with Gasteiger partial charge >= 0.3 is 0 Å². The third-order valence-electron chi connectivity index (χ3n) is 3.38. The van der Waals surface area contributed by atoms with Crippen molar-refractivity contribution in [3.05, 3.63) is 54.1 Å². The van der Waals surface area contributed by atoms with Crippen molar-refractivity contribution >= 4 is 10.9 Å². The van der Waals surface area contributed by atoms with Crippen LogP contribution in [-0.2, 0) is 17.3 Å². The minimum atomic E-state index is 0.380. The van der Waals surface area contributed by atoms with Crippen molar-refractivity contribution in [2.45, 2.75) is 16.6 Å². The molecule has 0 nitrogen and oxygen atoms in total. The van der Waals surface area contributed by atoms with E-state index in [-0.39, 0.29) is 0 Å². The Kier molecular flexibility index (Phi) is 2.21. The highest BCUT2D eigenvalue weighted by Crippen LogP contribution is 2.36. The van der Waals surface area contributed by atoms with Crippen LogP contribution < -0.4 is 0 Å². The number of fused-ring (bicyclic) bond motifs is 2. The lowest BCUT2D eigenvalue weighted by Gasteiger charge is -2.28. The van der Waals surface area contributed by atoms with Crippen LogP contribution in [0.25, 0.3) is 0 Å². The van der Waals surface area contributed by atoms with Crippen molar-refractivity contribution in [1.82, 2.24) is 0 Å². The molecule has 1 aliphatic heterocycles. The summed E-state index contributed by atoms with van der Waals surface area (Å²) in [7, 11) is 0.380. The first-order chi connectivity index (χ1) is 7.36. The molecule has 0 saturated heterocycles. The zero-order valence-electron chi connectivity index (χ0n) is 8.89. The molecule has 0 N–H and O–H groups in total. The fourth-order valence-corrected chi connectivity index (χ4v) is 4.77. The highest BCUT2D eigenvalue weighted by Gasteiger charge is 2.39. The van der Waals surface area contributed by atoms with Gasteiger partial charge in [0.05, 0.1) is 0 Å². The molecule has 3 atom stereocenters. The normalized spacial score (nSPS) is 32.2. The van der Waals surface area contributed by atoms with Gasteiger partial charge in [-0.3, -0.25) is 0 Å². The highest BCUT2D eigenvalue weighted by molar-refractivity contribution is 7.97. The van der Waals surface area contributed by atoms with E-state index in [1.54, 1.807) is 10.5 Å². The fraction of sp³-hybridized carbons (Fsp3) is 0.286. The van der Waals surface area contributed by atoms with Gasteiger partial charge in [0.25, 0.3) is 0 Å². The minimum absolute atomic E-state index is 0.380. The highest BCUT2D eigenvalue weighted by atomic mass is 32.2. The van der Waals surface area contributed by atoms with Crippen molar-refractivity contribution in [3.8, 4) is 0 Å². The third kappa shape index (κ3) is 1.46. The molecule has 3 unspecified atom stereocenters. The number of rotatable bonds is 0. The molecule has 1 aliphatic carbocycles. The summed E-state index contributed by atoms with van der Waals surface area (Å²) < 4.78 is 0. The molecule has 0 saturated carbocycles. The van der Waals surface area contributed by atoms with Crippen LogP contribution in [0.2, 0.25) is 0 Å². The molecular formula is C14H15S+. The minimum Gasteiger partial charge on any atom is -0.0758 e. The van der Waals surface area contributed by atoms with Gasteiger partial charge in [-0.2, -0.15) is 0 Å². The van der Waals surface area contributed by atoms with Crippen LogP contribution in [0, 0.1) is 5.92 Å². The Balaban J connectivity index is 2.07. The Hall–Kier alpha value is -0.950. The van der Waals surface area contributed by atoms with E-state index in [4.69, 9.17) is 0 Å². The van der Waals surface area contributed by atoms with Crippen molar-refractivity contribution < 1.29 is 0 Å². The standard InChI is InChI=1S/C14H15S/c1-15-13-8-4-2-6-11(13)10-12-7-3-5-9-14(12)15/h2-9,11,13H,10H2,1H3/q+1. The topological polar surface area (TPSA) is 0 Å². The summed E-state index contributed by atoms with van der Waals surface area (Å²) >= 11 is 0. The van der Waals surface area contributed by atoms with Gasteiger partial charge in [0.2, 0.25) is 0 Å². The number of hydrogen-bond donors (Lipinski definition) is 0. The van der Waals surface area contributed by atoms with Crippen molar-refractivity contribution in [2.75, 3.05) is 6.26 Å². The lowest BCUT2D eigenvalue weighted by Crippen LogP contribution is -2.34. The average molecular weight is 215 g/mol. The monoisotopic (exact) mass is 215 g/mol. The Morgan fingerprint density at radius 1 is 1.13 bits per heavy atom. The van der Waals surface area contributed by atoms with Crippen LogP contribution >= 0.6 is 0 Å². The number of hydrogen-bond acceptors (Lipinski definition) is 0. The molecule has 1 aromatic rings. The van der Waals surface area contributed by atoms with Gasteiger partial charge in [-0.15, -0.1) is 0 Å². The fourth-order valence-electron chi connectivity index (χ4n) is 2.58. The van der Waals surface area contributed by atoms with Crippen LogP contribution in [0.3, 0.4) is 0 Å². The van der Waals surface area contributed by atoms with Crippen LogP contribution in [-0.4, -0.2) is 11.5 Å². The van der Waals surface area contributed by atoms with Crippen LogP contribution in [0.15, 0.2) is 53.5 Å².